The molecule has 0 radical (unpaired) electrons. The molecular formula is C15H33Cl2N3O2. The molecule has 1 amide bonds. The van der Waals surface area contributed by atoms with E-state index in [-0.39, 0.29) is 36.8 Å². The molecule has 0 saturated carbocycles. The van der Waals surface area contributed by atoms with Crippen molar-refractivity contribution in [3.63, 3.8) is 0 Å². The van der Waals surface area contributed by atoms with E-state index in [1.807, 2.05) is 32.7 Å². The SMILES string of the molecule is CC(O)CN1CCC(CN(C)C(=O)C(C)(C)CN)CC1.Cl.Cl. The fraction of sp³-hybridized carbons (Fsp3) is 0.933. The fourth-order valence-electron chi connectivity index (χ4n) is 2.80. The molecule has 1 rings (SSSR count). The number of likely N-dealkylation sites (tertiary alicyclic amines) is 1. The van der Waals surface area contributed by atoms with Gasteiger partial charge in [-0.2, -0.15) is 0 Å². The summed E-state index contributed by atoms with van der Waals surface area (Å²) >= 11 is 0. The van der Waals surface area contributed by atoms with Gasteiger partial charge >= 0.3 is 0 Å². The van der Waals surface area contributed by atoms with E-state index in [0.29, 0.717) is 12.5 Å². The summed E-state index contributed by atoms with van der Waals surface area (Å²) in [5.74, 6) is 0.689. The minimum absolute atomic E-state index is 0. The Labute approximate surface area is 147 Å². The van der Waals surface area contributed by atoms with Gasteiger partial charge in [-0.25, -0.2) is 0 Å². The van der Waals surface area contributed by atoms with Crippen LogP contribution in [-0.4, -0.2) is 66.7 Å². The standard InChI is InChI=1S/C15H31N3O2.2ClH/c1-12(19)9-18-7-5-13(6-8-18)10-17(4)14(20)15(2,3)11-16;;/h12-13,19H,5-11,16H2,1-4H3;2*1H. The maximum absolute atomic E-state index is 12.3. The zero-order valence-corrected chi connectivity index (χ0v) is 15.9. The first-order chi connectivity index (χ1) is 9.26. The van der Waals surface area contributed by atoms with E-state index in [2.05, 4.69) is 4.90 Å². The van der Waals surface area contributed by atoms with Crippen LogP contribution in [0.1, 0.15) is 33.6 Å². The van der Waals surface area contributed by atoms with Gasteiger partial charge in [0.1, 0.15) is 0 Å². The van der Waals surface area contributed by atoms with Crippen LogP contribution in [0.15, 0.2) is 0 Å². The number of β-amino-alcohol motifs (C(OH)–C–C–N with tert-alkyl or cyclic N) is 1. The minimum Gasteiger partial charge on any atom is -0.392 e. The first-order valence-corrected chi connectivity index (χ1v) is 7.62. The molecule has 1 aliphatic rings. The number of halogens is 2. The summed E-state index contributed by atoms with van der Waals surface area (Å²) in [6, 6.07) is 0. The van der Waals surface area contributed by atoms with Crippen molar-refractivity contribution >= 4 is 30.7 Å². The van der Waals surface area contributed by atoms with Crippen molar-refractivity contribution < 1.29 is 9.90 Å². The topological polar surface area (TPSA) is 69.8 Å². The van der Waals surface area contributed by atoms with Crippen molar-refractivity contribution in [2.45, 2.75) is 39.7 Å². The second-order valence-corrected chi connectivity index (χ2v) is 6.87. The van der Waals surface area contributed by atoms with Gasteiger partial charge in [0, 0.05) is 26.7 Å². The van der Waals surface area contributed by atoms with Gasteiger partial charge < -0.3 is 20.6 Å². The summed E-state index contributed by atoms with van der Waals surface area (Å²) in [6.45, 7) is 9.59. The number of amides is 1. The molecule has 0 aromatic carbocycles. The Kier molecular flexibility index (Phi) is 11.7. The number of carbonyl (C=O) groups is 1. The number of nitrogens with two attached hydrogens (primary N) is 1. The third-order valence-electron chi connectivity index (χ3n) is 4.20. The number of carbonyl (C=O) groups excluding carboxylic acids is 1. The maximum atomic E-state index is 12.3. The van der Waals surface area contributed by atoms with E-state index in [1.165, 1.54) is 0 Å². The molecule has 1 atom stereocenters. The average molecular weight is 358 g/mol. The first-order valence-electron chi connectivity index (χ1n) is 7.62. The van der Waals surface area contributed by atoms with Crippen molar-refractivity contribution in [3.05, 3.63) is 0 Å². The number of aliphatic hydroxyl groups excluding tert-OH is 1. The Morgan fingerprint density at radius 1 is 1.36 bits per heavy atom. The number of aliphatic hydroxyl groups is 1. The Hall–Kier alpha value is -0.0700. The van der Waals surface area contributed by atoms with Crippen molar-refractivity contribution in [2.75, 3.05) is 39.8 Å². The fourth-order valence-corrected chi connectivity index (χ4v) is 2.80. The minimum atomic E-state index is -0.470. The lowest BCUT2D eigenvalue weighted by Gasteiger charge is -2.36. The number of piperidine rings is 1. The van der Waals surface area contributed by atoms with Crippen LogP contribution in [0.3, 0.4) is 0 Å². The molecule has 1 saturated heterocycles. The second-order valence-electron chi connectivity index (χ2n) is 6.87. The Balaban J connectivity index is 0. The zero-order valence-electron chi connectivity index (χ0n) is 14.2. The molecule has 134 valence electrons. The highest BCUT2D eigenvalue weighted by Gasteiger charge is 2.30. The molecule has 1 heterocycles. The number of nitrogens with zero attached hydrogens (tertiary/aromatic N) is 2. The highest BCUT2D eigenvalue weighted by Crippen LogP contribution is 2.21. The molecule has 0 bridgehead atoms. The predicted octanol–water partition coefficient (Wildman–Crippen LogP) is 1.37. The van der Waals surface area contributed by atoms with Crippen molar-refractivity contribution in [3.8, 4) is 0 Å². The van der Waals surface area contributed by atoms with E-state index in [1.54, 1.807) is 0 Å². The molecule has 1 fully saturated rings. The monoisotopic (exact) mass is 357 g/mol. The van der Waals surface area contributed by atoms with Crippen LogP contribution in [-0.2, 0) is 4.79 Å². The molecule has 5 nitrogen and oxygen atoms in total. The summed E-state index contributed by atoms with van der Waals surface area (Å²) in [5, 5.41) is 9.40. The van der Waals surface area contributed by atoms with Gasteiger partial charge in [0.25, 0.3) is 0 Å². The van der Waals surface area contributed by atoms with Gasteiger partial charge in [0.05, 0.1) is 11.5 Å². The highest BCUT2D eigenvalue weighted by atomic mass is 35.5. The lowest BCUT2D eigenvalue weighted by Crippen LogP contribution is -2.46. The van der Waals surface area contributed by atoms with E-state index >= 15 is 0 Å². The summed E-state index contributed by atoms with van der Waals surface area (Å²) in [5.41, 5.74) is 5.19. The number of rotatable bonds is 6. The second kappa shape index (κ2) is 10.7. The van der Waals surface area contributed by atoms with E-state index in [9.17, 15) is 9.90 Å². The molecule has 1 aliphatic heterocycles. The van der Waals surface area contributed by atoms with Crippen LogP contribution in [0.2, 0.25) is 0 Å². The lowest BCUT2D eigenvalue weighted by molar-refractivity contribution is -0.139. The molecule has 22 heavy (non-hydrogen) atoms. The van der Waals surface area contributed by atoms with Gasteiger partial charge in [-0.15, -0.1) is 24.8 Å². The normalized spacial score (nSPS) is 18.1. The summed E-state index contributed by atoms with van der Waals surface area (Å²) in [4.78, 5) is 16.4. The van der Waals surface area contributed by atoms with Crippen LogP contribution in [0, 0.1) is 11.3 Å². The van der Waals surface area contributed by atoms with Crippen LogP contribution >= 0.6 is 24.8 Å². The van der Waals surface area contributed by atoms with Gasteiger partial charge in [-0.1, -0.05) is 0 Å². The molecule has 1 unspecified atom stereocenters. The van der Waals surface area contributed by atoms with Crippen LogP contribution in [0.4, 0.5) is 0 Å². The molecule has 0 aromatic heterocycles. The maximum Gasteiger partial charge on any atom is 0.229 e. The Morgan fingerprint density at radius 3 is 2.27 bits per heavy atom. The van der Waals surface area contributed by atoms with E-state index in [0.717, 1.165) is 39.0 Å². The third kappa shape index (κ3) is 7.47. The largest absolute Gasteiger partial charge is 0.392 e. The van der Waals surface area contributed by atoms with Crippen LogP contribution in [0.25, 0.3) is 0 Å². The van der Waals surface area contributed by atoms with E-state index in [4.69, 9.17) is 5.73 Å². The first kappa shape index (κ1) is 24.2. The Morgan fingerprint density at radius 2 is 1.86 bits per heavy atom. The van der Waals surface area contributed by atoms with Gasteiger partial charge in [0.15, 0.2) is 0 Å². The molecule has 0 aromatic rings. The molecule has 3 N–H and O–H groups in total. The van der Waals surface area contributed by atoms with Gasteiger partial charge in [-0.05, 0) is 52.6 Å². The summed E-state index contributed by atoms with van der Waals surface area (Å²) in [7, 11) is 1.88. The predicted molar refractivity (Wildman–Crippen MR) is 95.8 cm³/mol. The van der Waals surface area contributed by atoms with Crippen molar-refractivity contribution in [1.29, 1.82) is 0 Å². The zero-order chi connectivity index (χ0) is 15.3. The number of hydrogen-bond acceptors (Lipinski definition) is 4. The lowest BCUT2D eigenvalue weighted by atomic mass is 9.90. The van der Waals surface area contributed by atoms with Crippen LogP contribution < -0.4 is 5.73 Å². The Bertz CT molecular complexity index is 320. The average Bonchev–Trinajstić information content (AvgIpc) is 2.39. The molecule has 7 heteroatoms. The van der Waals surface area contributed by atoms with Crippen molar-refractivity contribution in [1.82, 2.24) is 9.80 Å². The summed E-state index contributed by atoms with van der Waals surface area (Å²) in [6.07, 6.45) is 1.92. The number of hydrogen-bond donors (Lipinski definition) is 2. The highest BCUT2D eigenvalue weighted by molar-refractivity contribution is 5.85. The van der Waals surface area contributed by atoms with Gasteiger partial charge in [0.2, 0.25) is 5.91 Å². The third-order valence-corrected chi connectivity index (χ3v) is 4.20. The smallest absolute Gasteiger partial charge is 0.229 e. The molecule has 0 aliphatic carbocycles. The quantitative estimate of drug-likeness (QED) is 0.752. The summed E-state index contributed by atoms with van der Waals surface area (Å²) < 4.78 is 0. The van der Waals surface area contributed by atoms with Gasteiger partial charge in [-0.3, -0.25) is 4.79 Å². The molecular weight excluding hydrogens is 325 g/mol. The van der Waals surface area contributed by atoms with E-state index < -0.39 is 5.41 Å². The molecule has 0 spiro atoms. The van der Waals surface area contributed by atoms with Crippen LogP contribution in [0.5, 0.6) is 0 Å². The van der Waals surface area contributed by atoms with Crippen molar-refractivity contribution in [2.24, 2.45) is 17.1 Å².